The van der Waals surface area contributed by atoms with E-state index >= 15 is 0 Å². The molecule has 1 N–H and O–H groups in total. The molecule has 0 saturated heterocycles. The van der Waals surface area contributed by atoms with Crippen molar-refractivity contribution in [2.75, 3.05) is 0 Å². The van der Waals surface area contributed by atoms with E-state index in [4.69, 9.17) is 16.0 Å². The molecule has 1 atom stereocenters. The van der Waals surface area contributed by atoms with Gasteiger partial charge in [0.1, 0.15) is 6.26 Å². The lowest BCUT2D eigenvalue weighted by molar-refractivity contribution is 0.554. The monoisotopic (exact) mass is 318 g/mol. The standard InChI is InChI=1S/C16H15ClN2OS/c1-11(13-5-2-3-6-14(13)17)18-9-12-10-20-16(19-12)15-7-4-8-21-15/h2-8,10-11,18H,9H2,1H3. The highest BCUT2D eigenvalue weighted by atomic mass is 35.5. The Hall–Kier alpha value is -1.62. The lowest BCUT2D eigenvalue weighted by atomic mass is 10.1. The van der Waals surface area contributed by atoms with Crippen LogP contribution >= 0.6 is 22.9 Å². The molecule has 0 aliphatic rings. The van der Waals surface area contributed by atoms with Gasteiger partial charge in [-0.15, -0.1) is 11.3 Å². The van der Waals surface area contributed by atoms with E-state index in [0.29, 0.717) is 12.4 Å². The van der Waals surface area contributed by atoms with E-state index in [0.717, 1.165) is 21.2 Å². The van der Waals surface area contributed by atoms with Gasteiger partial charge in [-0.3, -0.25) is 0 Å². The summed E-state index contributed by atoms with van der Waals surface area (Å²) in [6.45, 7) is 2.72. The molecule has 0 saturated carbocycles. The maximum Gasteiger partial charge on any atom is 0.236 e. The molecule has 0 fully saturated rings. The Morgan fingerprint density at radius 2 is 2.14 bits per heavy atom. The predicted octanol–water partition coefficient (Wildman–Crippen LogP) is 4.91. The van der Waals surface area contributed by atoms with E-state index in [1.54, 1.807) is 17.6 Å². The normalized spacial score (nSPS) is 12.5. The third-order valence-corrected chi connectivity index (χ3v) is 4.45. The smallest absolute Gasteiger partial charge is 0.236 e. The second-order valence-corrected chi connectivity index (χ2v) is 6.10. The van der Waals surface area contributed by atoms with Gasteiger partial charge in [0.15, 0.2) is 0 Å². The lowest BCUT2D eigenvalue weighted by Gasteiger charge is -2.14. The fraction of sp³-hybridized carbons (Fsp3) is 0.188. The SMILES string of the molecule is CC(NCc1coc(-c2cccs2)n1)c1ccccc1Cl. The average molecular weight is 319 g/mol. The lowest BCUT2D eigenvalue weighted by Crippen LogP contribution is -2.18. The van der Waals surface area contributed by atoms with Gasteiger partial charge in [-0.05, 0) is 30.0 Å². The van der Waals surface area contributed by atoms with Crippen LogP contribution in [0.4, 0.5) is 0 Å². The second-order valence-electron chi connectivity index (χ2n) is 4.75. The molecule has 21 heavy (non-hydrogen) atoms. The van der Waals surface area contributed by atoms with E-state index in [1.165, 1.54) is 0 Å². The summed E-state index contributed by atoms with van der Waals surface area (Å²) in [5.41, 5.74) is 1.97. The van der Waals surface area contributed by atoms with Gasteiger partial charge < -0.3 is 9.73 Å². The molecule has 3 nitrogen and oxygen atoms in total. The van der Waals surface area contributed by atoms with Crippen molar-refractivity contribution >= 4 is 22.9 Å². The largest absolute Gasteiger partial charge is 0.444 e. The van der Waals surface area contributed by atoms with E-state index in [1.807, 2.05) is 41.8 Å². The van der Waals surface area contributed by atoms with Crippen LogP contribution in [-0.4, -0.2) is 4.98 Å². The number of hydrogen-bond acceptors (Lipinski definition) is 4. The van der Waals surface area contributed by atoms with Gasteiger partial charge in [0, 0.05) is 17.6 Å². The maximum atomic E-state index is 6.20. The molecule has 0 bridgehead atoms. The summed E-state index contributed by atoms with van der Waals surface area (Å²) in [7, 11) is 0. The fourth-order valence-corrected chi connectivity index (χ4v) is 3.05. The van der Waals surface area contributed by atoms with Crippen molar-refractivity contribution in [3.05, 3.63) is 64.3 Å². The minimum atomic E-state index is 0.153. The van der Waals surface area contributed by atoms with Gasteiger partial charge in [0.2, 0.25) is 5.89 Å². The summed E-state index contributed by atoms with van der Waals surface area (Å²) in [6, 6.07) is 12.0. The van der Waals surface area contributed by atoms with Crippen LogP contribution in [0.25, 0.3) is 10.8 Å². The van der Waals surface area contributed by atoms with Gasteiger partial charge in [0.25, 0.3) is 0 Å². The summed E-state index contributed by atoms with van der Waals surface area (Å²) >= 11 is 7.82. The molecule has 3 rings (SSSR count). The Labute approximate surface area is 132 Å². The highest BCUT2D eigenvalue weighted by Crippen LogP contribution is 2.25. The molecule has 5 heteroatoms. The number of nitrogens with zero attached hydrogens (tertiary/aromatic N) is 1. The summed E-state index contributed by atoms with van der Waals surface area (Å²) < 4.78 is 5.50. The molecule has 108 valence electrons. The van der Waals surface area contributed by atoms with Gasteiger partial charge >= 0.3 is 0 Å². The van der Waals surface area contributed by atoms with Crippen molar-refractivity contribution in [1.82, 2.24) is 10.3 Å². The van der Waals surface area contributed by atoms with Crippen LogP contribution in [0.1, 0.15) is 24.2 Å². The Bertz CT molecular complexity index is 709. The molecule has 1 unspecified atom stereocenters. The number of thiophene rings is 1. The van der Waals surface area contributed by atoms with Crippen molar-refractivity contribution in [3.8, 4) is 10.8 Å². The first-order chi connectivity index (χ1) is 10.2. The number of oxazole rings is 1. The zero-order chi connectivity index (χ0) is 14.7. The third kappa shape index (κ3) is 3.35. The highest BCUT2D eigenvalue weighted by Gasteiger charge is 2.11. The predicted molar refractivity (Wildman–Crippen MR) is 86.5 cm³/mol. The average Bonchev–Trinajstić information content (AvgIpc) is 3.16. The zero-order valence-electron chi connectivity index (χ0n) is 11.5. The van der Waals surface area contributed by atoms with Crippen LogP contribution in [0.15, 0.2) is 52.5 Å². The van der Waals surface area contributed by atoms with Gasteiger partial charge in [-0.2, -0.15) is 0 Å². The van der Waals surface area contributed by atoms with Gasteiger partial charge in [-0.1, -0.05) is 35.9 Å². The van der Waals surface area contributed by atoms with Crippen LogP contribution in [-0.2, 0) is 6.54 Å². The number of halogens is 1. The van der Waals surface area contributed by atoms with E-state index < -0.39 is 0 Å². The first kappa shape index (κ1) is 14.3. The van der Waals surface area contributed by atoms with Crippen molar-refractivity contribution in [1.29, 1.82) is 0 Å². The minimum Gasteiger partial charge on any atom is -0.444 e. The van der Waals surface area contributed by atoms with E-state index in [2.05, 4.69) is 17.2 Å². The summed E-state index contributed by atoms with van der Waals surface area (Å²) in [5.74, 6) is 0.673. The Kier molecular flexibility index (Phi) is 4.39. The molecule has 0 aliphatic carbocycles. The van der Waals surface area contributed by atoms with Crippen molar-refractivity contribution < 1.29 is 4.42 Å². The highest BCUT2D eigenvalue weighted by molar-refractivity contribution is 7.13. The number of rotatable bonds is 5. The van der Waals surface area contributed by atoms with Gasteiger partial charge in [0.05, 0.1) is 10.6 Å². The summed E-state index contributed by atoms with van der Waals surface area (Å²) in [6.07, 6.45) is 1.70. The number of nitrogens with one attached hydrogen (secondary N) is 1. The molecule has 0 spiro atoms. The van der Waals surface area contributed by atoms with Crippen LogP contribution < -0.4 is 5.32 Å². The van der Waals surface area contributed by atoms with E-state index in [9.17, 15) is 0 Å². The zero-order valence-corrected chi connectivity index (χ0v) is 13.1. The van der Waals surface area contributed by atoms with E-state index in [-0.39, 0.29) is 6.04 Å². The second kappa shape index (κ2) is 6.43. The first-order valence-corrected chi connectivity index (χ1v) is 7.96. The molecule has 0 amide bonds. The maximum absolute atomic E-state index is 6.20. The number of hydrogen-bond donors (Lipinski definition) is 1. The topological polar surface area (TPSA) is 38.1 Å². The Morgan fingerprint density at radius 3 is 2.90 bits per heavy atom. The van der Waals surface area contributed by atoms with Crippen LogP contribution in [0.3, 0.4) is 0 Å². The molecule has 3 aromatic rings. The van der Waals surface area contributed by atoms with Crippen molar-refractivity contribution in [3.63, 3.8) is 0 Å². The van der Waals surface area contributed by atoms with Crippen LogP contribution in [0, 0.1) is 0 Å². The molecule has 1 aromatic carbocycles. The summed E-state index contributed by atoms with van der Waals surface area (Å²) in [5, 5.41) is 6.20. The van der Waals surface area contributed by atoms with Crippen LogP contribution in [0.2, 0.25) is 5.02 Å². The molecule has 2 aromatic heterocycles. The molecular formula is C16H15ClN2OS. The minimum absolute atomic E-state index is 0.153. The van der Waals surface area contributed by atoms with Crippen molar-refractivity contribution in [2.45, 2.75) is 19.5 Å². The van der Waals surface area contributed by atoms with Gasteiger partial charge in [-0.25, -0.2) is 4.98 Å². The fourth-order valence-electron chi connectivity index (χ4n) is 2.10. The van der Waals surface area contributed by atoms with Crippen LogP contribution in [0.5, 0.6) is 0 Å². The Morgan fingerprint density at radius 1 is 1.29 bits per heavy atom. The molecule has 0 aliphatic heterocycles. The number of aromatic nitrogens is 1. The first-order valence-electron chi connectivity index (χ1n) is 6.70. The third-order valence-electron chi connectivity index (χ3n) is 3.24. The molecular weight excluding hydrogens is 304 g/mol. The number of benzene rings is 1. The summed E-state index contributed by atoms with van der Waals surface area (Å²) in [4.78, 5) is 5.53. The Balaban J connectivity index is 1.64. The molecule has 0 radical (unpaired) electrons. The quantitative estimate of drug-likeness (QED) is 0.726. The van der Waals surface area contributed by atoms with Crippen molar-refractivity contribution in [2.24, 2.45) is 0 Å². The molecule has 2 heterocycles.